The zero-order valence-electron chi connectivity index (χ0n) is 11.2. The number of hydrogen-bond donors (Lipinski definition) is 2. The summed E-state index contributed by atoms with van der Waals surface area (Å²) in [6, 6.07) is 14.0. The van der Waals surface area contributed by atoms with E-state index in [1.165, 1.54) is 12.1 Å². The van der Waals surface area contributed by atoms with Crippen LogP contribution in [-0.4, -0.2) is 11.7 Å². The number of hydrogen-bond acceptors (Lipinski definition) is 2. The van der Waals surface area contributed by atoms with Crippen molar-refractivity contribution in [2.24, 2.45) is 0 Å². The monoisotopic (exact) mass is 337 g/mol. The van der Waals surface area contributed by atoms with Crippen molar-refractivity contribution in [3.63, 3.8) is 0 Å². The number of aliphatic hydroxyl groups excluding tert-OH is 1. The molecule has 0 saturated carbocycles. The maximum absolute atomic E-state index is 12.9. The van der Waals surface area contributed by atoms with Crippen LogP contribution in [0.4, 0.5) is 4.39 Å². The molecule has 0 aliphatic carbocycles. The van der Waals surface area contributed by atoms with Gasteiger partial charge >= 0.3 is 0 Å². The van der Waals surface area contributed by atoms with Crippen molar-refractivity contribution in [2.75, 3.05) is 6.54 Å². The number of benzene rings is 2. The highest BCUT2D eigenvalue weighted by atomic mass is 79.9. The third kappa shape index (κ3) is 4.13. The molecule has 2 aromatic carbocycles. The molecule has 4 heteroatoms. The second kappa shape index (κ2) is 6.97. The lowest BCUT2D eigenvalue weighted by atomic mass is 10.1. The van der Waals surface area contributed by atoms with Gasteiger partial charge in [0, 0.05) is 17.1 Å². The summed E-state index contributed by atoms with van der Waals surface area (Å²) in [7, 11) is 0. The molecule has 0 aliphatic heterocycles. The van der Waals surface area contributed by atoms with E-state index in [0.717, 1.165) is 15.6 Å². The van der Waals surface area contributed by atoms with Crippen molar-refractivity contribution < 1.29 is 9.50 Å². The van der Waals surface area contributed by atoms with E-state index >= 15 is 0 Å². The Hall–Kier alpha value is -1.23. The average Bonchev–Trinajstić information content (AvgIpc) is 2.45. The van der Waals surface area contributed by atoms with Crippen LogP contribution in [0.2, 0.25) is 0 Å². The second-order valence-electron chi connectivity index (χ2n) is 4.75. The van der Waals surface area contributed by atoms with Crippen molar-refractivity contribution in [3.05, 3.63) is 69.9 Å². The molecule has 0 amide bonds. The SMILES string of the molecule is C[C@H](NCC(O)c1cccc(Br)c1)c1ccc(F)cc1. The van der Waals surface area contributed by atoms with E-state index in [1.54, 1.807) is 12.1 Å². The van der Waals surface area contributed by atoms with Gasteiger partial charge in [0.25, 0.3) is 0 Å². The summed E-state index contributed by atoms with van der Waals surface area (Å²) in [5, 5.41) is 13.4. The highest BCUT2D eigenvalue weighted by Gasteiger charge is 2.11. The first-order valence-electron chi connectivity index (χ1n) is 6.48. The fraction of sp³-hybridized carbons (Fsp3) is 0.250. The molecular formula is C16H17BrFNO. The summed E-state index contributed by atoms with van der Waals surface area (Å²) in [4.78, 5) is 0. The van der Waals surface area contributed by atoms with Crippen molar-refractivity contribution in [1.82, 2.24) is 5.32 Å². The number of rotatable bonds is 5. The highest BCUT2D eigenvalue weighted by Crippen LogP contribution is 2.19. The normalized spacial score (nSPS) is 14.0. The Morgan fingerprint density at radius 2 is 1.85 bits per heavy atom. The van der Waals surface area contributed by atoms with Crippen LogP contribution >= 0.6 is 15.9 Å². The van der Waals surface area contributed by atoms with Crippen LogP contribution in [0.1, 0.15) is 30.2 Å². The maximum atomic E-state index is 12.9. The maximum Gasteiger partial charge on any atom is 0.123 e. The van der Waals surface area contributed by atoms with Gasteiger partial charge in [-0.15, -0.1) is 0 Å². The zero-order valence-corrected chi connectivity index (χ0v) is 12.8. The van der Waals surface area contributed by atoms with Gasteiger partial charge in [-0.2, -0.15) is 0 Å². The van der Waals surface area contributed by atoms with Gasteiger partial charge in [0.15, 0.2) is 0 Å². The summed E-state index contributed by atoms with van der Waals surface area (Å²) < 4.78 is 13.8. The lowest BCUT2D eigenvalue weighted by Gasteiger charge is -2.18. The molecule has 0 heterocycles. The van der Waals surface area contributed by atoms with Crippen molar-refractivity contribution in [1.29, 1.82) is 0 Å². The van der Waals surface area contributed by atoms with Crippen LogP contribution < -0.4 is 5.32 Å². The van der Waals surface area contributed by atoms with Crippen LogP contribution in [0.15, 0.2) is 53.0 Å². The summed E-state index contributed by atoms with van der Waals surface area (Å²) >= 11 is 3.39. The molecule has 0 radical (unpaired) electrons. The number of nitrogens with one attached hydrogen (secondary N) is 1. The predicted octanol–water partition coefficient (Wildman–Crippen LogP) is 3.97. The minimum atomic E-state index is -0.574. The third-order valence-electron chi connectivity index (χ3n) is 3.22. The molecule has 20 heavy (non-hydrogen) atoms. The summed E-state index contributed by atoms with van der Waals surface area (Å²) in [6.45, 7) is 2.43. The van der Waals surface area contributed by atoms with Gasteiger partial charge in [-0.25, -0.2) is 4.39 Å². The lowest BCUT2D eigenvalue weighted by Crippen LogP contribution is -2.24. The summed E-state index contributed by atoms with van der Waals surface area (Å²) in [5.41, 5.74) is 1.85. The van der Waals surface area contributed by atoms with E-state index in [0.29, 0.717) is 6.54 Å². The lowest BCUT2D eigenvalue weighted by molar-refractivity contribution is 0.170. The van der Waals surface area contributed by atoms with Gasteiger partial charge in [0.2, 0.25) is 0 Å². The molecule has 2 nitrogen and oxygen atoms in total. The Balaban J connectivity index is 1.93. The Morgan fingerprint density at radius 1 is 1.15 bits per heavy atom. The Morgan fingerprint density at radius 3 is 2.50 bits per heavy atom. The molecule has 2 N–H and O–H groups in total. The van der Waals surface area contributed by atoms with Crippen LogP contribution in [0, 0.1) is 5.82 Å². The molecule has 106 valence electrons. The van der Waals surface area contributed by atoms with Gasteiger partial charge in [-0.3, -0.25) is 0 Å². The largest absolute Gasteiger partial charge is 0.387 e. The first kappa shape index (κ1) is 15.2. The van der Waals surface area contributed by atoms with Gasteiger partial charge in [-0.1, -0.05) is 40.2 Å². The van der Waals surface area contributed by atoms with Gasteiger partial charge in [-0.05, 0) is 42.3 Å². The van der Waals surface area contributed by atoms with E-state index in [-0.39, 0.29) is 11.9 Å². The smallest absolute Gasteiger partial charge is 0.123 e. The molecule has 2 aromatic rings. The highest BCUT2D eigenvalue weighted by molar-refractivity contribution is 9.10. The molecule has 0 bridgehead atoms. The van der Waals surface area contributed by atoms with Gasteiger partial charge < -0.3 is 10.4 Å². The minimum absolute atomic E-state index is 0.0532. The van der Waals surface area contributed by atoms with Crippen molar-refractivity contribution in [3.8, 4) is 0 Å². The van der Waals surface area contributed by atoms with E-state index in [9.17, 15) is 9.50 Å². The first-order valence-corrected chi connectivity index (χ1v) is 7.28. The van der Waals surface area contributed by atoms with Gasteiger partial charge in [0.05, 0.1) is 6.10 Å². The molecular weight excluding hydrogens is 321 g/mol. The van der Waals surface area contributed by atoms with Crippen molar-refractivity contribution >= 4 is 15.9 Å². The fourth-order valence-corrected chi connectivity index (χ4v) is 2.41. The molecule has 1 unspecified atom stereocenters. The Labute approximate surface area is 126 Å². The topological polar surface area (TPSA) is 32.3 Å². The third-order valence-corrected chi connectivity index (χ3v) is 3.71. The average molecular weight is 338 g/mol. The van der Waals surface area contributed by atoms with E-state index in [4.69, 9.17) is 0 Å². The standard InChI is InChI=1S/C16H17BrFNO/c1-11(12-5-7-15(18)8-6-12)19-10-16(20)13-3-2-4-14(17)9-13/h2-9,11,16,19-20H,10H2,1H3/t11-,16?/m0/s1. The van der Waals surface area contributed by atoms with Crippen molar-refractivity contribution in [2.45, 2.75) is 19.1 Å². The fourth-order valence-electron chi connectivity index (χ4n) is 1.99. The summed E-state index contributed by atoms with van der Waals surface area (Å²) in [6.07, 6.45) is -0.574. The Bertz CT molecular complexity index is 559. The van der Waals surface area contributed by atoms with Crippen LogP contribution in [-0.2, 0) is 0 Å². The molecule has 0 aromatic heterocycles. The quantitative estimate of drug-likeness (QED) is 0.865. The molecule has 0 spiro atoms. The van der Waals surface area contributed by atoms with Crippen LogP contribution in [0.3, 0.4) is 0 Å². The minimum Gasteiger partial charge on any atom is -0.387 e. The van der Waals surface area contributed by atoms with E-state index < -0.39 is 6.10 Å². The van der Waals surface area contributed by atoms with Crippen LogP contribution in [0.25, 0.3) is 0 Å². The molecule has 0 fully saturated rings. The number of halogens is 2. The molecule has 2 rings (SSSR count). The molecule has 2 atom stereocenters. The summed E-state index contributed by atoms with van der Waals surface area (Å²) in [5.74, 6) is -0.241. The molecule has 0 saturated heterocycles. The van der Waals surface area contributed by atoms with Crippen LogP contribution in [0.5, 0.6) is 0 Å². The Kier molecular flexibility index (Phi) is 5.29. The van der Waals surface area contributed by atoms with Gasteiger partial charge in [0.1, 0.15) is 5.82 Å². The second-order valence-corrected chi connectivity index (χ2v) is 5.67. The first-order chi connectivity index (χ1) is 9.56. The van der Waals surface area contributed by atoms with E-state index in [2.05, 4.69) is 21.2 Å². The predicted molar refractivity (Wildman–Crippen MR) is 81.9 cm³/mol. The molecule has 0 aliphatic rings. The zero-order chi connectivity index (χ0) is 14.5. The van der Waals surface area contributed by atoms with E-state index in [1.807, 2.05) is 31.2 Å². The number of aliphatic hydroxyl groups is 1.